The van der Waals surface area contributed by atoms with Gasteiger partial charge in [-0.2, -0.15) is 0 Å². The third-order valence-corrected chi connectivity index (χ3v) is 3.74. The first-order chi connectivity index (χ1) is 8.76. The lowest BCUT2D eigenvalue weighted by molar-refractivity contribution is -0.137. The summed E-state index contributed by atoms with van der Waals surface area (Å²) >= 11 is 0. The smallest absolute Gasteiger partial charge is 0.318 e. The van der Waals surface area contributed by atoms with Crippen molar-refractivity contribution >= 4 is 12.0 Å². The molecule has 1 saturated heterocycles. The monoisotopic (exact) mass is 272 g/mol. The Labute approximate surface area is 113 Å². The van der Waals surface area contributed by atoms with E-state index in [9.17, 15) is 14.7 Å². The number of nitrogens with zero attached hydrogens (tertiary/aromatic N) is 1. The molecule has 6 nitrogen and oxygen atoms in total. The van der Waals surface area contributed by atoms with Gasteiger partial charge >= 0.3 is 12.0 Å². The van der Waals surface area contributed by atoms with Crippen molar-refractivity contribution in [3.63, 3.8) is 0 Å². The Hall–Kier alpha value is -1.30. The minimum Gasteiger partial charge on any atom is -0.481 e. The number of nitrogens with one attached hydrogen (secondary N) is 1. The van der Waals surface area contributed by atoms with Crippen molar-refractivity contribution in [1.29, 1.82) is 0 Å². The van der Waals surface area contributed by atoms with E-state index in [1.165, 1.54) is 0 Å². The lowest BCUT2D eigenvalue weighted by Crippen LogP contribution is -2.52. The molecular formula is C13H24N2O4. The highest BCUT2D eigenvalue weighted by Crippen LogP contribution is 2.24. The molecule has 1 fully saturated rings. The number of aliphatic hydroxyl groups excluding tert-OH is 1. The van der Waals surface area contributed by atoms with Gasteiger partial charge in [0.05, 0.1) is 12.6 Å². The summed E-state index contributed by atoms with van der Waals surface area (Å²) in [4.78, 5) is 24.4. The Morgan fingerprint density at radius 2 is 2.05 bits per heavy atom. The average molecular weight is 272 g/mol. The van der Waals surface area contributed by atoms with E-state index >= 15 is 0 Å². The number of hydrogen-bond acceptors (Lipinski definition) is 3. The van der Waals surface area contributed by atoms with Crippen LogP contribution in [0.15, 0.2) is 0 Å². The standard InChI is InChI=1S/C13H24N2O4/c1-9-5-7-15(10(9)8-16)12(19)14-13(2,3)6-4-11(17)18/h9-10,16H,4-8H2,1-3H3,(H,14,19)(H,17,18). The largest absolute Gasteiger partial charge is 0.481 e. The molecule has 0 aromatic rings. The quantitative estimate of drug-likeness (QED) is 0.697. The number of carbonyl (C=O) groups excluding carboxylic acids is 1. The lowest BCUT2D eigenvalue weighted by atomic mass is 9.98. The molecule has 1 aliphatic rings. The molecule has 0 bridgehead atoms. The number of aliphatic hydroxyl groups is 1. The normalized spacial score (nSPS) is 23.5. The number of carbonyl (C=O) groups is 2. The second-order valence-electron chi connectivity index (χ2n) is 5.92. The Morgan fingerprint density at radius 1 is 1.42 bits per heavy atom. The van der Waals surface area contributed by atoms with Crippen molar-refractivity contribution in [2.45, 2.75) is 51.6 Å². The number of carboxylic acids is 1. The Morgan fingerprint density at radius 3 is 2.58 bits per heavy atom. The van der Waals surface area contributed by atoms with Crippen LogP contribution in [0.2, 0.25) is 0 Å². The summed E-state index contributed by atoms with van der Waals surface area (Å²) in [6.07, 6.45) is 1.28. The van der Waals surface area contributed by atoms with E-state index in [-0.39, 0.29) is 31.0 Å². The number of amides is 2. The van der Waals surface area contributed by atoms with Crippen LogP contribution in [-0.2, 0) is 4.79 Å². The molecule has 0 aromatic carbocycles. The number of urea groups is 1. The number of carboxylic acid groups (broad SMARTS) is 1. The number of rotatable bonds is 5. The Kier molecular flexibility index (Phi) is 5.17. The van der Waals surface area contributed by atoms with Crippen LogP contribution in [0.3, 0.4) is 0 Å². The van der Waals surface area contributed by atoms with E-state index in [0.29, 0.717) is 13.0 Å². The maximum atomic E-state index is 12.2. The topological polar surface area (TPSA) is 89.9 Å². The molecule has 1 aliphatic heterocycles. The van der Waals surface area contributed by atoms with E-state index in [2.05, 4.69) is 5.32 Å². The van der Waals surface area contributed by atoms with Crippen molar-refractivity contribution in [3.8, 4) is 0 Å². The van der Waals surface area contributed by atoms with Gasteiger partial charge in [-0.1, -0.05) is 6.92 Å². The summed E-state index contributed by atoms with van der Waals surface area (Å²) in [6, 6.07) is -0.367. The van der Waals surface area contributed by atoms with E-state index < -0.39 is 11.5 Å². The number of hydrogen-bond donors (Lipinski definition) is 3. The predicted molar refractivity (Wildman–Crippen MR) is 70.8 cm³/mol. The third kappa shape index (κ3) is 4.38. The fourth-order valence-corrected chi connectivity index (χ4v) is 2.38. The van der Waals surface area contributed by atoms with E-state index in [0.717, 1.165) is 6.42 Å². The zero-order valence-electron chi connectivity index (χ0n) is 11.8. The zero-order valence-corrected chi connectivity index (χ0v) is 11.8. The second-order valence-corrected chi connectivity index (χ2v) is 5.92. The van der Waals surface area contributed by atoms with Gasteiger partial charge in [0.25, 0.3) is 0 Å². The van der Waals surface area contributed by atoms with Gasteiger partial charge in [0, 0.05) is 18.5 Å². The van der Waals surface area contributed by atoms with Crippen LogP contribution in [0.25, 0.3) is 0 Å². The minimum atomic E-state index is -0.870. The van der Waals surface area contributed by atoms with E-state index in [1.807, 2.05) is 6.92 Å². The molecule has 110 valence electrons. The van der Waals surface area contributed by atoms with Gasteiger partial charge in [0.1, 0.15) is 0 Å². The van der Waals surface area contributed by atoms with Gasteiger partial charge in [-0.25, -0.2) is 4.79 Å². The molecule has 3 N–H and O–H groups in total. The van der Waals surface area contributed by atoms with Crippen molar-refractivity contribution in [2.24, 2.45) is 5.92 Å². The highest BCUT2D eigenvalue weighted by Gasteiger charge is 2.35. The van der Waals surface area contributed by atoms with Crippen LogP contribution in [0.1, 0.15) is 40.0 Å². The summed E-state index contributed by atoms with van der Waals surface area (Å²) in [6.45, 7) is 6.23. The zero-order chi connectivity index (χ0) is 14.6. The molecule has 0 radical (unpaired) electrons. The summed E-state index contributed by atoms with van der Waals surface area (Å²) in [5.74, 6) is -0.580. The maximum absolute atomic E-state index is 12.2. The lowest BCUT2D eigenvalue weighted by Gasteiger charge is -2.32. The average Bonchev–Trinajstić information content (AvgIpc) is 2.67. The SMILES string of the molecule is CC1CCN(C(=O)NC(C)(C)CCC(=O)O)C1CO. The summed E-state index contributed by atoms with van der Waals surface area (Å²) in [5.41, 5.74) is -0.568. The molecule has 1 heterocycles. The first-order valence-electron chi connectivity index (χ1n) is 6.68. The van der Waals surface area contributed by atoms with Crippen LogP contribution >= 0.6 is 0 Å². The van der Waals surface area contributed by atoms with Gasteiger partial charge < -0.3 is 20.4 Å². The van der Waals surface area contributed by atoms with E-state index in [1.54, 1.807) is 18.7 Å². The first-order valence-corrected chi connectivity index (χ1v) is 6.68. The van der Waals surface area contributed by atoms with Crippen molar-refractivity contribution in [2.75, 3.05) is 13.2 Å². The Bertz CT molecular complexity index is 344. The van der Waals surface area contributed by atoms with Crippen LogP contribution < -0.4 is 5.32 Å². The molecule has 0 aliphatic carbocycles. The first kappa shape index (κ1) is 15.8. The maximum Gasteiger partial charge on any atom is 0.318 e. The molecule has 0 spiro atoms. The molecule has 2 amide bonds. The molecule has 1 rings (SSSR count). The van der Waals surface area contributed by atoms with Crippen molar-refractivity contribution in [3.05, 3.63) is 0 Å². The highest BCUT2D eigenvalue weighted by atomic mass is 16.4. The second kappa shape index (κ2) is 6.23. The van der Waals surface area contributed by atoms with Crippen molar-refractivity contribution in [1.82, 2.24) is 10.2 Å². The summed E-state index contributed by atoms with van der Waals surface area (Å²) < 4.78 is 0. The minimum absolute atomic E-state index is 0.0209. The molecule has 0 saturated carbocycles. The van der Waals surface area contributed by atoms with Crippen LogP contribution in [-0.4, -0.2) is 51.8 Å². The van der Waals surface area contributed by atoms with E-state index in [4.69, 9.17) is 5.11 Å². The highest BCUT2D eigenvalue weighted by molar-refractivity contribution is 5.76. The van der Waals surface area contributed by atoms with Crippen LogP contribution in [0, 0.1) is 5.92 Å². The fraction of sp³-hybridized carbons (Fsp3) is 0.846. The predicted octanol–water partition coefficient (Wildman–Crippen LogP) is 1.04. The molecule has 19 heavy (non-hydrogen) atoms. The summed E-state index contributed by atoms with van der Waals surface area (Å²) in [7, 11) is 0. The molecule has 0 aromatic heterocycles. The van der Waals surface area contributed by atoms with Gasteiger partial charge in [0.15, 0.2) is 0 Å². The van der Waals surface area contributed by atoms with Gasteiger partial charge in [-0.05, 0) is 32.6 Å². The number of likely N-dealkylation sites (tertiary alicyclic amines) is 1. The fourth-order valence-electron chi connectivity index (χ4n) is 2.38. The molecule has 2 unspecified atom stereocenters. The third-order valence-electron chi connectivity index (χ3n) is 3.74. The van der Waals surface area contributed by atoms with Crippen LogP contribution in [0.4, 0.5) is 4.79 Å². The molecular weight excluding hydrogens is 248 g/mol. The summed E-state index contributed by atoms with van der Waals surface area (Å²) in [5, 5.41) is 20.9. The van der Waals surface area contributed by atoms with Gasteiger partial charge in [-0.3, -0.25) is 4.79 Å². The van der Waals surface area contributed by atoms with Gasteiger partial charge in [0.2, 0.25) is 0 Å². The molecule has 6 heteroatoms. The van der Waals surface area contributed by atoms with Crippen LogP contribution in [0.5, 0.6) is 0 Å². The Balaban J connectivity index is 2.56. The van der Waals surface area contributed by atoms with Crippen molar-refractivity contribution < 1.29 is 19.8 Å². The molecule has 2 atom stereocenters. The van der Waals surface area contributed by atoms with Gasteiger partial charge in [-0.15, -0.1) is 0 Å². The number of aliphatic carboxylic acids is 1.